The molecule has 134 valence electrons. The maximum absolute atomic E-state index is 12.4. The molecule has 1 unspecified atom stereocenters. The predicted molar refractivity (Wildman–Crippen MR) is 92.9 cm³/mol. The van der Waals surface area contributed by atoms with Crippen molar-refractivity contribution in [3.05, 3.63) is 12.5 Å². The Balaban J connectivity index is 1.63. The van der Waals surface area contributed by atoms with Crippen LogP contribution in [0.4, 0.5) is 5.82 Å². The van der Waals surface area contributed by atoms with Gasteiger partial charge in [-0.1, -0.05) is 0 Å². The van der Waals surface area contributed by atoms with Crippen molar-refractivity contribution in [1.29, 1.82) is 0 Å². The van der Waals surface area contributed by atoms with Crippen LogP contribution in [0, 0.1) is 0 Å². The lowest BCUT2D eigenvalue weighted by molar-refractivity contribution is -0.136. The molecule has 25 heavy (non-hydrogen) atoms. The Bertz CT molecular complexity index is 767. The van der Waals surface area contributed by atoms with Gasteiger partial charge in [-0.05, 0) is 26.2 Å². The second-order valence-electron chi connectivity index (χ2n) is 6.19. The number of anilines is 1. The van der Waals surface area contributed by atoms with Gasteiger partial charge in [0, 0.05) is 20.1 Å². The van der Waals surface area contributed by atoms with Crippen LogP contribution in [0.3, 0.4) is 0 Å². The predicted octanol–water partition coefficient (Wildman–Crippen LogP) is 0.385. The number of carbonyl (C=O) groups is 2. The van der Waals surface area contributed by atoms with Gasteiger partial charge in [-0.25, -0.2) is 14.6 Å². The number of nitrogens with zero attached hydrogens (tertiary/aromatic N) is 5. The lowest BCUT2D eigenvalue weighted by Crippen LogP contribution is -2.49. The van der Waals surface area contributed by atoms with Crippen molar-refractivity contribution in [1.82, 2.24) is 30.0 Å². The van der Waals surface area contributed by atoms with Crippen molar-refractivity contribution >= 4 is 28.7 Å². The fourth-order valence-corrected chi connectivity index (χ4v) is 3.08. The Hall–Kier alpha value is -2.71. The van der Waals surface area contributed by atoms with E-state index in [1.165, 1.54) is 11.0 Å². The summed E-state index contributed by atoms with van der Waals surface area (Å²) >= 11 is 0. The lowest BCUT2D eigenvalue weighted by atomic mass is 10.1. The molecular formula is C16H23N7O2. The first-order valence-corrected chi connectivity index (χ1v) is 8.52. The van der Waals surface area contributed by atoms with E-state index >= 15 is 0 Å². The summed E-state index contributed by atoms with van der Waals surface area (Å²) in [7, 11) is 1.76. The van der Waals surface area contributed by atoms with Crippen LogP contribution in [0.5, 0.6) is 0 Å². The van der Waals surface area contributed by atoms with E-state index in [1.807, 2.05) is 4.90 Å². The molecule has 1 fully saturated rings. The highest BCUT2D eigenvalue weighted by Crippen LogP contribution is 2.17. The highest BCUT2D eigenvalue weighted by molar-refractivity contribution is 5.89. The van der Waals surface area contributed by atoms with Crippen LogP contribution >= 0.6 is 0 Å². The van der Waals surface area contributed by atoms with E-state index in [-0.39, 0.29) is 18.4 Å². The monoisotopic (exact) mass is 345 g/mol. The van der Waals surface area contributed by atoms with Gasteiger partial charge in [-0.15, -0.1) is 0 Å². The van der Waals surface area contributed by atoms with E-state index in [0.717, 1.165) is 37.7 Å². The summed E-state index contributed by atoms with van der Waals surface area (Å²) in [5.41, 5.74) is 0.574. The number of hydrogen-bond donors (Lipinski definition) is 2. The molecule has 0 saturated carbocycles. The van der Waals surface area contributed by atoms with Gasteiger partial charge in [-0.2, -0.15) is 5.10 Å². The van der Waals surface area contributed by atoms with Gasteiger partial charge in [0.2, 0.25) is 11.8 Å². The summed E-state index contributed by atoms with van der Waals surface area (Å²) in [6.45, 7) is 3.26. The number of hydrogen-bond acceptors (Lipinski definition) is 6. The van der Waals surface area contributed by atoms with Crippen LogP contribution in [-0.4, -0.2) is 62.6 Å². The quantitative estimate of drug-likeness (QED) is 0.812. The Morgan fingerprint density at radius 2 is 2.00 bits per heavy atom. The average molecular weight is 345 g/mol. The molecule has 3 heterocycles. The van der Waals surface area contributed by atoms with Gasteiger partial charge in [0.05, 0.1) is 11.6 Å². The molecule has 2 aromatic rings. The summed E-state index contributed by atoms with van der Waals surface area (Å²) in [5, 5.41) is 10.7. The van der Waals surface area contributed by atoms with E-state index in [0.29, 0.717) is 11.5 Å². The molecule has 9 heteroatoms. The van der Waals surface area contributed by atoms with Gasteiger partial charge in [-0.3, -0.25) is 9.59 Å². The first-order chi connectivity index (χ1) is 12.1. The van der Waals surface area contributed by atoms with Crippen LogP contribution in [0.15, 0.2) is 12.5 Å². The molecule has 1 aliphatic rings. The van der Waals surface area contributed by atoms with Crippen molar-refractivity contribution in [2.45, 2.75) is 38.8 Å². The third kappa shape index (κ3) is 3.70. The van der Waals surface area contributed by atoms with Crippen molar-refractivity contribution in [3.63, 3.8) is 0 Å². The number of fused-ring (bicyclic) bond motifs is 1. The summed E-state index contributed by atoms with van der Waals surface area (Å²) in [6, 6.07) is -0.546. The average Bonchev–Trinajstić information content (AvgIpc) is 3.04. The fraction of sp³-hybridized carbons (Fsp3) is 0.562. The molecule has 2 amide bonds. The van der Waals surface area contributed by atoms with Crippen molar-refractivity contribution in [2.24, 2.45) is 0 Å². The molecule has 2 aromatic heterocycles. The van der Waals surface area contributed by atoms with E-state index < -0.39 is 6.04 Å². The van der Waals surface area contributed by atoms with Crippen molar-refractivity contribution in [2.75, 3.05) is 25.5 Å². The van der Waals surface area contributed by atoms with E-state index in [2.05, 4.69) is 25.7 Å². The SMILES string of the molecule is CNc1ncnc2c1cnn2CC(=O)NC(C)C(=O)N1CCCCC1. The molecule has 1 atom stereocenters. The number of aromatic nitrogens is 4. The van der Waals surface area contributed by atoms with Gasteiger partial charge >= 0.3 is 0 Å². The number of amides is 2. The molecule has 1 saturated heterocycles. The number of carbonyl (C=O) groups excluding carboxylic acids is 2. The molecule has 0 radical (unpaired) electrons. The molecule has 0 bridgehead atoms. The summed E-state index contributed by atoms with van der Waals surface area (Å²) in [4.78, 5) is 34.8. The zero-order valence-corrected chi connectivity index (χ0v) is 14.5. The van der Waals surface area contributed by atoms with Crippen LogP contribution < -0.4 is 10.6 Å². The Labute approximate surface area is 145 Å². The standard InChI is InChI=1S/C16H23N7O2/c1-11(16(25)22-6-4-3-5-7-22)21-13(24)9-23-15-12(8-20-23)14(17-2)18-10-19-15/h8,10-11H,3-7,9H2,1-2H3,(H,21,24)(H,17,18,19). The van der Waals surface area contributed by atoms with E-state index in [1.54, 1.807) is 20.2 Å². The van der Waals surface area contributed by atoms with Gasteiger partial charge in [0.15, 0.2) is 5.65 Å². The lowest BCUT2D eigenvalue weighted by Gasteiger charge is -2.29. The molecular weight excluding hydrogens is 322 g/mol. The summed E-state index contributed by atoms with van der Waals surface area (Å²) in [6.07, 6.45) is 6.26. The Kier molecular flexibility index (Phi) is 5.11. The van der Waals surface area contributed by atoms with Crippen LogP contribution in [0.25, 0.3) is 11.0 Å². The first kappa shape index (κ1) is 17.1. The fourth-order valence-electron chi connectivity index (χ4n) is 3.08. The zero-order chi connectivity index (χ0) is 17.8. The number of nitrogens with one attached hydrogen (secondary N) is 2. The van der Waals surface area contributed by atoms with Gasteiger partial charge in [0.1, 0.15) is 24.7 Å². The third-order valence-electron chi connectivity index (χ3n) is 4.38. The number of likely N-dealkylation sites (tertiary alicyclic amines) is 1. The smallest absolute Gasteiger partial charge is 0.244 e. The molecule has 2 N–H and O–H groups in total. The maximum Gasteiger partial charge on any atom is 0.244 e. The largest absolute Gasteiger partial charge is 0.372 e. The van der Waals surface area contributed by atoms with E-state index in [4.69, 9.17) is 0 Å². The summed E-state index contributed by atoms with van der Waals surface area (Å²) < 4.78 is 1.51. The summed E-state index contributed by atoms with van der Waals surface area (Å²) in [5.74, 6) is 0.357. The first-order valence-electron chi connectivity index (χ1n) is 8.52. The molecule has 0 spiro atoms. The molecule has 1 aliphatic heterocycles. The van der Waals surface area contributed by atoms with Crippen molar-refractivity contribution in [3.8, 4) is 0 Å². The van der Waals surface area contributed by atoms with Gasteiger partial charge in [0.25, 0.3) is 0 Å². The van der Waals surface area contributed by atoms with Crippen molar-refractivity contribution < 1.29 is 9.59 Å². The van der Waals surface area contributed by atoms with Crippen LogP contribution in [0.1, 0.15) is 26.2 Å². The molecule has 3 rings (SSSR count). The normalized spacial score (nSPS) is 15.8. The molecule has 0 aromatic carbocycles. The maximum atomic E-state index is 12.4. The van der Waals surface area contributed by atoms with E-state index in [9.17, 15) is 9.59 Å². The van der Waals surface area contributed by atoms with Crippen LogP contribution in [-0.2, 0) is 16.1 Å². The second-order valence-corrected chi connectivity index (χ2v) is 6.19. The highest BCUT2D eigenvalue weighted by atomic mass is 16.2. The third-order valence-corrected chi connectivity index (χ3v) is 4.38. The van der Waals surface area contributed by atoms with Crippen LogP contribution in [0.2, 0.25) is 0 Å². The van der Waals surface area contributed by atoms with Gasteiger partial charge < -0.3 is 15.5 Å². The minimum absolute atomic E-state index is 0.00128. The zero-order valence-electron chi connectivity index (χ0n) is 14.5. The Morgan fingerprint density at radius 3 is 2.72 bits per heavy atom. The molecule has 0 aliphatic carbocycles. The second kappa shape index (κ2) is 7.45. The number of rotatable bonds is 5. The molecule has 9 nitrogen and oxygen atoms in total. The minimum Gasteiger partial charge on any atom is -0.372 e. The Morgan fingerprint density at radius 1 is 1.24 bits per heavy atom. The highest BCUT2D eigenvalue weighted by Gasteiger charge is 2.23. The minimum atomic E-state index is -0.546. The number of piperidine rings is 1. The topological polar surface area (TPSA) is 105 Å².